The van der Waals surface area contributed by atoms with E-state index in [-0.39, 0.29) is 24.2 Å². The van der Waals surface area contributed by atoms with Crippen LogP contribution in [-0.4, -0.2) is 51.4 Å². The van der Waals surface area contributed by atoms with Gasteiger partial charge in [0.1, 0.15) is 17.2 Å². The van der Waals surface area contributed by atoms with Crippen LogP contribution in [0.1, 0.15) is 23.3 Å². The number of fused-ring (bicyclic) bond motifs is 1. The smallest absolute Gasteiger partial charge is 0.277 e. The Morgan fingerprint density at radius 2 is 2.10 bits per heavy atom. The van der Waals surface area contributed by atoms with Crippen LogP contribution in [0.2, 0.25) is 0 Å². The third kappa shape index (κ3) is 4.39. The van der Waals surface area contributed by atoms with Gasteiger partial charge in [0.05, 0.1) is 18.7 Å². The molecule has 2 N–H and O–H groups in total. The zero-order chi connectivity index (χ0) is 21.0. The average Bonchev–Trinajstić information content (AvgIpc) is 3.37. The molecule has 3 aromatic heterocycles. The summed E-state index contributed by atoms with van der Waals surface area (Å²) < 4.78 is 53.2. The van der Waals surface area contributed by atoms with Gasteiger partial charge >= 0.3 is 0 Å². The number of aromatic amines is 2. The fraction of sp³-hybridized carbons (Fsp3) is 0.316. The van der Waals surface area contributed by atoms with E-state index in [2.05, 4.69) is 15.0 Å². The molecule has 3 heterocycles. The molecule has 0 bridgehead atoms. The Bertz CT molecular complexity index is 1050. The van der Waals surface area contributed by atoms with E-state index in [0.717, 1.165) is 11.1 Å². The highest BCUT2D eigenvalue weighted by atomic mass is 19.3. The summed E-state index contributed by atoms with van der Waals surface area (Å²) in [7, 11) is 0. The van der Waals surface area contributed by atoms with Crippen LogP contribution in [0.3, 0.4) is 0 Å². The Morgan fingerprint density at radius 3 is 2.83 bits per heavy atom. The fourth-order valence-corrected chi connectivity index (χ4v) is 2.97. The van der Waals surface area contributed by atoms with E-state index in [1.807, 2.05) is 6.07 Å². The number of amides is 1. The zero-order valence-corrected chi connectivity index (χ0v) is 15.2. The van der Waals surface area contributed by atoms with Crippen molar-refractivity contribution in [2.24, 2.45) is 0 Å². The van der Waals surface area contributed by atoms with Gasteiger partial charge in [0.2, 0.25) is 0 Å². The lowest BCUT2D eigenvalue weighted by atomic mass is 10.1. The Kier molecular flexibility index (Phi) is 5.87. The van der Waals surface area contributed by atoms with Gasteiger partial charge in [0.15, 0.2) is 6.67 Å². The number of rotatable bonds is 8. The molecule has 0 saturated carbocycles. The summed E-state index contributed by atoms with van der Waals surface area (Å²) in [5, 5.41) is 9.27. The molecule has 29 heavy (non-hydrogen) atoms. The second-order valence-corrected chi connectivity index (χ2v) is 6.46. The second-order valence-electron chi connectivity index (χ2n) is 6.46. The highest BCUT2D eigenvalue weighted by Crippen LogP contribution is 2.30. The van der Waals surface area contributed by atoms with Crippen LogP contribution in [0.4, 0.5) is 17.6 Å². The first kappa shape index (κ1) is 20.4. The van der Waals surface area contributed by atoms with Crippen molar-refractivity contribution >= 4 is 16.9 Å². The van der Waals surface area contributed by atoms with Crippen molar-refractivity contribution in [3.63, 3.8) is 0 Å². The summed E-state index contributed by atoms with van der Waals surface area (Å²) in [5.41, 5.74) is 1.13. The van der Waals surface area contributed by atoms with Crippen molar-refractivity contribution in [3.8, 4) is 17.2 Å². The van der Waals surface area contributed by atoms with Crippen LogP contribution in [0.5, 0.6) is 0 Å². The predicted molar refractivity (Wildman–Crippen MR) is 97.5 cm³/mol. The molecule has 0 unspecified atom stereocenters. The molecule has 0 atom stereocenters. The summed E-state index contributed by atoms with van der Waals surface area (Å²) in [6.07, 6.45) is 3.16. The van der Waals surface area contributed by atoms with E-state index in [9.17, 15) is 22.4 Å². The monoisotopic (exact) mass is 407 g/mol. The number of nitrogens with one attached hydrogen (secondary N) is 2. The van der Waals surface area contributed by atoms with Gasteiger partial charge in [0.25, 0.3) is 11.8 Å². The molecule has 0 aromatic carbocycles. The third-order valence-electron chi connectivity index (χ3n) is 4.47. The summed E-state index contributed by atoms with van der Waals surface area (Å²) in [6.45, 7) is -2.33. The lowest BCUT2D eigenvalue weighted by Crippen LogP contribution is -2.36. The lowest BCUT2D eigenvalue weighted by molar-refractivity contribution is -0.0353. The quantitative estimate of drug-likeness (QED) is 0.552. The first-order valence-corrected chi connectivity index (χ1v) is 8.76. The first-order chi connectivity index (χ1) is 13.9. The van der Waals surface area contributed by atoms with Crippen LogP contribution in [-0.2, 0) is 0 Å². The van der Waals surface area contributed by atoms with Gasteiger partial charge in [-0.05, 0) is 12.1 Å². The molecule has 0 saturated heterocycles. The number of halogens is 4. The SMILES string of the molecule is N#CCCN(CCC(F)(F)CF)C(=O)c1cc(-c2c(F)cnc3[nH]ccc23)c[nH]1. The summed E-state index contributed by atoms with van der Waals surface area (Å²) >= 11 is 0. The predicted octanol–water partition coefficient (Wildman–Crippen LogP) is 4.05. The van der Waals surface area contributed by atoms with Crippen LogP contribution in [0, 0.1) is 17.1 Å². The van der Waals surface area contributed by atoms with Gasteiger partial charge in [-0.3, -0.25) is 4.79 Å². The number of hydrogen-bond donors (Lipinski definition) is 2. The summed E-state index contributed by atoms with van der Waals surface area (Å²) in [5.74, 6) is -4.77. The molecule has 0 spiro atoms. The molecule has 0 aliphatic rings. The second kappa shape index (κ2) is 8.34. The molecule has 3 rings (SSSR count). The minimum absolute atomic E-state index is 0.0430. The fourth-order valence-electron chi connectivity index (χ4n) is 2.97. The van der Waals surface area contributed by atoms with Gasteiger partial charge < -0.3 is 14.9 Å². The van der Waals surface area contributed by atoms with Gasteiger partial charge in [0, 0.05) is 48.4 Å². The van der Waals surface area contributed by atoms with Gasteiger partial charge in [-0.2, -0.15) is 5.26 Å². The van der Waals surface area contributed by atoms with E-state index in [4.69, 9.17) is 5.26 Å². The molecule has 0 aliphatic heterocycles. The molecule has 1 amide bonds. The van der Waals surface area contributed by atoms with Crippen LogP contribution in [0.15, 0.2) is 30.7 Å². The number of nitriles is 1. The number of carbonyl (C=O) groups excluding carboxylic acids is 1. The Morgan fingerprint density at radius 1 is 1.31 bits per heavy atom. The van der Waals surface area contributed by atoms with Crippen LogP contribution >= 0.6 is 0 Å². The van der Waals surface area contributed by atoms with E-state index in [1.54, 1.807) is 12.3 Å². The number of hydrogen-bond acceptors (Lipinski definition) is 3. The molecular weight excluding hydrogens is 390 g/mol. The maximum Gasteiger partial charge on any atom is 0.277 e. The van der Waals surface area contributed by atoms with Crippen molar-refractivity contribution < 1.29 is 22.4 Å². The molecule has 10 heteroatoms. The number of pyridine rings is 1. The maximum atomic E-state index is 14.4. The van der Waals surface area contributed by atoms with Crippen molar-refractivity contribution in [3.05, 3.63) is 42.2 Å². The number of nitrogens with zero attached hydrogens (tertiary/aromatic N) is 3. The van der Waals surface area contributed by atoms with Crippen LogP contribution in [0.25, 0.3) is 22.2 Å². The minimum Gasteiger partial charge on any atom is -0.357 e. The Hall–Kier alpha value is -3.35. The largest absolute Gasteiger partial charge is 0.357 e. The topological polar surface area (TPSA) is 88.6 Å². The first-order valence-electron chi connectivity index (χ1n) is 8.76. The van der Waals surface area contributed by atoms with E-state index >= 15 is 0 Å². The Balaban J connectivity index is 1.86. The summed E-state index contributed by atoms with van der Waals surface area (Å²) in [6, 6.07) is 4.89. The molecule has 152 valence electrons. The third-order valence-corrected chi connectivity index (χ3v) is 4.47. The standard InChI is InChI=1S/C19H17F4N5O/c20-11-19(22,23)3-7-28(6-1-4-24)18(29)15-8-12(9-26-15)16-13-2-5-25-17(13)27-10-14(16)21/h2,5,8-10,26H,1,3,6-7,11H2,(H,25,27). The minimum atomic E-state index is -3.55. The Labute approximate surface area is 163 Å². The van der Waals surface area contributed by atoms with E-state index in [1.165, 1.54) is 12.3 Å². The van der Waals surface area contributed by atoms with Crippen molar-refractivity contribution in [1.82, 2.24) is 19.9 Å². The normalized spacial score (nSPS) is 11.6. The van der Waals surface area contributed by atoms with Crippen molar-refractivity contribution in [1.29, 1.82) is 5.26 Å². The highest BCUT2D eigenvalue weighted by molar-refractivity contribution is 5.97. The maximum absolute atomic E-state index is 14.4. The van der Waals surface area contributed by atoms with E-state index < -0.39 is 37.3 Å². The lowest BCUT2D eigenvalue weighted by Gasteiger charge is -2.23. The number of aromatic nitrogens is 3. The van der Waals surface area contributed by atoms with Crippen LogP contribution < -0.4 is 0 Å². The average molecular weight is 407 g/mol. The van der Waals surface area contributed by atoms with Gasteiger partial charge in [-0.1, -0.05) is 0 Å². The number of carbonyl (C=O) groups is 1. The van der Waals surface area contributed by atoms with Gasteiger partial charge in [-0.15, -0.1) is 0 Å². The highest BCUT2D eigenvalue weighted by Gasteiger charge is 2.30. The molecule has 6 nitrogen and oxygen atoms in total. The molecular formula is C19H17F4N5O. The number of alkyl halides is 3. The van der Waals surface area contributed by atoms with E-state index in [0.29, 0.717) is 16.6 Å². The molecule has 0 fully saturated rings. The zero-order valence-electron chi connectivity index (χ0n) is 15.2. The molecule has 0 radical (unpaired) electrons. The van der Waals surface area contributed by atoms with Crippen molar-refractivity contribution in [2.75, 3.05) is 19.8 Å². The molecule has 3 aromatic rings. The van der Waals surface area contributed by atoms with Crippen molar-refractivity contribution in [2.45, 2.75) is 18.8 Å². The summed E-state index contributed by atoms with van der Waals surface area (Å²) in [4.78, 5) is 23.3. The number of H-pyrrole nitrogens is 2. The van der Waals surface area contributed by atoms with Gasteiger partial charge in [-0.25, -0.2) is 22.5 Å². The molecule has 0 aliphatic carbocycles.